The summed E-state index contributed by atoms with van der Waals surface area (Å²) >= 11 is 5.80. The lowest BCUT2D eigenvalue weighted by molar-refractivity contribution is 0.585. The van der Waals surface area contributed by atoms with Gasteiger partial charge in [-0.15, -0.1) is 12.3 Å². The average molecular weight is 237 g/mol. The molecule has 2 rings (SSSR count). The molecule has 0 saturated heterocycles. The van der Waals surface area contributed by atoms with Crippen molar-refractivity contribution >= 4 is 11.6 Å². The number of hydrogen-bond acceptors (Lipinski definition) is 2. The number of terminal acetylenes is 1. The van der Waals surface area contributed by atoms with Gasteiger partial charge in [0.15, 0.2) is 0 Å². The minimum absolute atomic E-state index is 0.0704. The second-order valence-electron chi connectivity index (χ2n) is 4.01. The van der Waals surface area contributed by atoms with Crippen LogP contribution in [0, 0.1) is 12.3 Å². The molecular weight excluding hydrogens is 224 g/mol. The summed E-state index contributed by atoms with van der Waals surface area (Å²) < 4.78 is 1.71. The topological polar surface area (TPSA) is 34.9 Å². The molecule has 0 spiro atoms. The first kappa shape index (κ1) is 11.2. The highest BCUT2D eigenvalue weighted by molar-refractivity contribution is 6.29. The van der Waals surface area contributed by atoms with Gasteiger partial charge in [-0.1, -0.05) is 11.6 Å². The van der Waals surface area contributed by atoms with Gasteiger partial charge in [0.25, 0.3) is 5.56 Å². The van der Waals surface area contributed by atoms with Crippen molar-refractivity contribution in [2.24, 2.45) is 0 Å². The first-order valence-electron chi connectivity index (χ1n) is 5.43. The Hall–Kier alpha value is -1.27. The molecule has 0 atom stereocenters. The van der Waals surface area contributed by atoms with Crippen LogP contribution in [0.3, 0.4) is 0 Å². The summed E-state index contributed by atoms with van der Waals surface area (Å²) in [5.74, 6) is 3.81. The van der Waals surface area contributed by atoms with Gasteiger partial charge in [-0.05, 0) is 19.3 Å². The van der Waals surface area contributed by atoms with E-state index in [2.05, 4.69) is 10.9 Å². The van der Waals surface area contributed by atoms with E-state index in [1.54, 1.807) is 4.57 Å². The van der Waals surface area contributed by atoms with Crippen LogP contribution in [-0.2, 0) is 6.54 Å². The number of unbranched alkanes of at least 4 members (excludes halogenated alkanes) is 1. The number of rotatable bonds is 4. The molecule has 1 aromatic rings. The zero-order valence-corrected chi connectivity index (χ0v) is 9.70. The summed E-state index contributed by atoms with van der Waals surface area (Å²) in [6, 6.07) is 1.36. The molecule has 0 unspecified atom stereocenters. The van der Waals surface area contributed by atoms with Crippen LogP contribution in [0.5, 0.6) is 0 Å². The summed E-state index contributed by atoms with van der Waals surface area (Å²) in [5.41, 5.74) is -0.0704. The fourth-order valence-electron chi connectivity index (χ4n) is 1.71. The van der Waals surface area contributed by atoms with Crippen LogP contribution >= 0.6 is 11.6 Å². The van der Waals surface area contributed by atoms with Crippen LogP contribution in [0.15, 0.2) is 10.9 Å². The third-order valence-electron chi connectivity index (χ3n) is 2.65. The van der Waals surface area contributed by atoms with Crippen LogP contribution < -0.4 is 5.56 Å². The van der Waals surface area contributed by atoms with Crippen LogP contribution in [0.1, 0.15) is 37.4 Å². The number of hydrogen-bond donors (Lipinski definition) is 0. The Balaban J connectivity index is 2.27. The molecule has 1 aliphatic carbocycles. The summed E-state index contributed by atoms with van der Waals surface area (Å²) in [4.78, 5) is 16.0. The van der Waals surface area contributed by atoms with Crippen molar-refractivity contribution in [1.82, 2.24) is 9.55 Å². The molecule has 4 heteroatoms. The van der Waals surface area contributed by atoms with Gasteiger partial charge in [0.1, 0.15) is 11.0 Å². The largest absolute Gasteiger partial charge is 0.296 e. The second kappa shape index (κ2) is 4.71. The molecular formula is C12H13ClN2O. The van der Waals surface area contributed by atoms with E-state index < -0.39 is 0 Å². The van der Waals surface area contributed by atoms with Crippen LogP contribution in [0.25, 0.3) is 0 Å². The van der Waals surface area contributed by atoms with E-state index in [4.69, 9.17) is 18.0 Å². The first-order valence-corrected chi connectivity index (χ1v) is 5.81. The van der Waals surface area contributed by atoms with Crippen molar-refractivity contribution < 1.29 is 0 Å². The van der Waals surface area contributed by atoms with Gasteiger partial charge in [0, 0.05) is 24.9 Å². The van der Waals surface area contributed by atoms with Gasteiger partial charge in [0.05, 0.1) is 0 Å². The second-order valence-corrected chi connectivity index (χ2v) is 4.40. The van der Waals surface area contributed by atoms with Crippen molar-refractivity contribution in [1.29, 1.82) is 0 Å². The van der Waals surface area contributed by atoms with E-state index in [1.807, 2.05) is 0 Å². The molecule has 16 heavy (non-hydrogen) atoms. The van der Waals surface area contributed by atoms with E-state index in [0.29, 0.717) is 24.0 Å². The van der Waals surface area contributed by atoms with Gasteiger partial charge in [-0.2, -0.15) is 0 Å². The number of nitrogens with zero attached hydrogens (tertiary/aromatic N) is 2. The molecule has 1 aromatic heterocycles. The molecule has 0 radical (unpaired) electrons. The number of aromatic nitrogens is 2. The van der Waals surface area contributed by atoms with E-state index in [0.717, 1.165) is 25.1 Å². The minimum atomic E-state index is -0.0704. The van der Waals surface area contributed by atoms with E-state index in [-0.39, 0.29) is 5.56 Å². The van der Waals surface area contributed by atoms with E-state index in [1.165, 1.54) is 6.07 Å². The fraction of sp³-hybridized carbons (Fsp3) is 0.500. The highest BCUT2D eigenvalue weighted by Gasteiger charge is 2.28. The average Bonchev–Trinajstić information content (AvgIpc) is 3.04. The molecule has 0 aromatic carbocycles. The Kier molecular flexibility index (Phi) is 3.31. The van der Waals surface area contributed by atoms with Gasteiger partial charge in [0.2, 0.25) is 0 Å². The molecule has 3 nitrogen and oxygen atoms in total. The Morgan fingerprint density at radius 2 is 2.38 bits per heavy atom. The quantitative estimate of drug-likeness (QED) is 0.456. The maximum Gasteiger partial charge on any atom is 0.254 e. The molecule has 84 valence electrons. The van der Waals surface area contributed by atoms with Gasteiger partial charge < -0.3 is 0 Å². The van der Waals surface area contributed by atoms with Crippen LogP contribution in [0.2, 0.25) is 5.15 Å². The normalized spacial score (nSPS) is 14.8. The SMILES string of the molecule is C#CCCCn1c(C2CC2)nc(Cl)cc1=O. The number of halogens is 1. The maximum absolute atomic E-state index is 11.8. The monoisotopic (exact) mass is 236 g/mol. The Morgan fingerprint density at radius 3 is 3.00 bits per heavy atom. The third kappa shape index (κ3) is 2.45. The van der Waals surface area contributed by atoms with E-state index >= 15 is 0 Å². The molecule has 0 N–H and O–H groups in total. The minimum Gasteiger partial charge on any atom is -0.296 e. The Morgan fingerprint density at radius 1 is 1.62 bits per heavy atom. The zero-order chi connectivity index (χ0) is 11.5. The molecule has 1 aliphatic rings. The fourth-order valence-corrected chi connectivity index (χ4v) is 1.89. The Bertz CT molecular complexity index is 483. The summed E-state index contributed by atoms with van der Waals surface area (Å²) in [6.45, 7) is 0.638. The van der Waals surface area contributed by atoms with Crippen molar-refractivity contribution in [2.75, 3.05) is 0 Å². The van der Waals surface area contributed by atoms with Gasteiger partial charge in [-0.3, -0.25) is 9.36 Å². The first-order chi connectivity index (χ1) is 7.72. The third-order valence-corrected chi connectivity index (χ3v) is 2.85. The molecule has 0 aliphatic heterocycles. The van der Waals surface area contributed by atoms with E-state index in [9.17, 15) is 4.79 Å². The lowest BCUT2D eigenvalue weighted by Gasteiger charge is -2.10. The molecule has 1 fully saturated rings. The van der Waals surface area contributed by atoms with Crippen molar-refractivity contribution in [3.8, 4) is 12.3 Å². The highest BCUT2D eigenvalue weighted by Crippen LogP contribution is 2.38. The van der Waals surface area contributed by atoms with Crippen LogP contribution in [0.4, 0.5) is 0 Å². The summed E-state index contributed by atoms with van der Waals surface area (Å²) in [7, 11) is 0. The van der Waals surface area contributed by atoms with Crippen molar-refractivity contribution in [2.45, 2.75) is 38.1 Å². The highest BCUT2D eigenvalue weighted by atomic mass is 35.5. The molecule has 0 bridgehead atoms. The Labute approximate surface area is 99.5 Å². The lowest BCUT2D eigenvalue weighted by Crippen LogP contribution is -2.24. The summed E-state index contributed by atoms with van der Waals surface area (Å²) in [6.07, 6.45) is 8.87. The van der Waals surface area contributed by atoms with Gasteiger partial charge >= 0.3 is 0 Å². The van der Waals surface area contributed by atoms with Crippen LogP contribution in [-0.4, -0.2) is 9.55 Å². The maximum atomic E-state index is 11.8. The molecule has 1 saturated carbocycles. The molecule has 1 heterocycles. The summed E-state index contributed by atoms with van der Waals surface area (Å²) in [5, 5.41) is 0.292. The molecule has 0 amide bonds. The predicted molar refractivity (Wildman–Crippen MR) is 63.5 cm³/mol. The standard InChI is InChI=1S/C12H13ClN2O/c1-2-3-4-7-15-11(16)8-10(13)14-12(15)9-5-6-9/h1,8-9H,3-7H2. The van der Waals surface area contributed by atoms with Crippen molar-refractivity contribution in [3.05, 3.63) is 27.4 Å². The lowest BCUT2D eigenvalue weighted by atomic mass is 10.3. The smallest absolute Gasteiger partial charge is 0.254 e. The predicted octanol–water partition coefficient (Wildman–Crippen LogP) is 2.19. The zero-order valence-electron chi connectivity index (χ0n) is 8.95. The van der Waals surface area contributed by atoms with Gasteiger partial charge in [-0.25, -0.2) is 4.98 Å². The van der Waals surface area contributed by atoms with Crippen molar-refractivity contribution in [3.63, 3.8) is 0 Å².